The van der Waals surface area contributed by atoms with Gasteiger partial charge in [0.1, 0.15) is 11.5 Å². The van der Waals surface area contributed by atoms with Gasteiger partial charge in [-0.05, 0) is 54.4 Å². The molecule has 3 aromatic carbocycles. The van der Waals surface area contributed by atoms with E-state index in [9.17, 15) is 18.0 Å². The Hall–Kier alpha value is -3.68. The summed E-state index contributed by atoms with van der Waals surface area (Å²) in [6.07, 6.45) is -4.75. The Morgan fingerprint density at radius 1 is 0.839 bits per heavy atom. The van der Waals surface area contributed by atoms with Gasteiger partial charge in [-0.2, -0.15) is 0 Å². The topological polar surface area (TPSA) is 54.0 Å². The predicted molar refractivity (Wildman–Crippen MR) is 107 cm³/mol. The molecule has 0 aromatic heterocycles. The molecule has 0 fully saturated rings. The van der Waals surface area contributed by atoms with Crippen LogP contribution in [0.3, 0.4) is 0 Å². The van der Waals surface area contributed by atoms with Crippen molar-refractivity contribution in [3.8, 4) is 34.1 Å². The minimum absolute atomic E-state index is 0.239. The van der Waals surface area contributed by atoms with E-state index in [1.807, 2.05) is 6.07 Å². The number of para-hydroxylation sites is 1. The van der Waals surface area contributed by atoms with Crippen LogP contribution in [0.15, 0.2) is 72.8 Å². The van der Waals surface area contributed by atoms with Gasteiger partial charge in [-0.3, -0.25) is 0 Å². The molecule has 0 saturated carbocycles. The Bertz CT molecular complexity index is 1000. The van der Waals surface area contributed by atoms with Gasteiger partial charge in [0.25, 0.3) is 0 Å². The van der Waals surface area contributed by atoms with Crippen LogP contribution in [0.5, 0.6) is 23.0 Å². The summed E-state index contributed by atoms with van der Waals surface area (Å²) in [5.74, 6) is 0.375. The minimum atomic E-state index is -4.75. The second-order valence-electron chi connectivity index (χ2n) is 6.24. The van der Waals surface area contributed by atoms with Crippen LogP contribution in [0.1, 0.15) is 6.92 Å². The monoisotopic (exact) mass is 432 g/mol. The average Bonchev–Trinajstić information content (AvgIpc) is 2.73. The Labute approximate surface area is 176 Å². The fraction of sp³-hybridized carbons (Fsp3) is 0.174. The number of benzene rings is 3. The number of hydrogen-bond acceptors (Lipinski definition) is 5. The van der Waals surface area contributed by atoms with E-state index in [0.29, 0.717) is 28.4 Å². The molecule has 0 aliphatic heterocycles. The van der Waals surface area contributed by atoms with Gasteiger partial charge in [0.2, 0.25) is 0 Å². The third-order valence-electron chi connectivity index (χ3n) is 3.99. The molecular weight excluding hydrogens is 413 g/mol. The number of hydrogen-bond donors (Lipinski definition) is 0. The molecule has 5 nitrogen and oxygen atoms in total. The SMILES string of the molecule is CCOC(=O)COc1ccc(-c2ccc(OC(F)(F)F)cc2)cc1Oc1ccccc1. The van der Waals surface area contributed by atoms with E-state index in [0.717, 1.165) is 0 Å². The van der Waals surface area contributed by atoms with E-state index in [1.54, 1.807) is 49.4 Å². The second-order valence-corrected chi connectivity index (χ2v) is 6.24. The maximum Gasteiger partial charge on any atom is 0.573 e. The molecule has 0 bridgehead atoms. The quantitative estimate of drug-likeness (QED) is 0.410. The largest absolute Gasteiger partial charge is 0.573 e. The van der Waals surface area contributed by atoms with Gasteiger partial charge in [-0.15, -0.1) is 13.2 Å². The lowest BCUT2D eigenvalue weighted by Crippen LogP contribution is -2.16. The fourth-order valence-electron chi connectivity index (χ4n) is 2.69. The van der Waals surface area contributed by atoms with E-state index in [1.165, 1.54) is 24.3 Å². The number of esters is 1. The van der Waals surface area contributed by atoms with E-state index < -0.39 is 12.3 Å². The summed E-state index contributed by atoms with van der Waals surface area (Å²) in [6, 6.07) is 19.4. The lowest BCUT2D eigenvalue weighted by Gasteiger charge is -2.14. The van der Waals surface area contributed by atoms with E-state index in [-0.39, 0.29) is 19.0 Å². The smallest absolute Gasteiger partial charge is 0.478 e. The third-order valence-corrected chi connectivity index (χ3v) is 3.99. The Kier molecular flexibility index (Phi) is 7.02. The first-order chi connectivity index (χ1) is 14.8. The van der Waals surface area contributed by atoms with Gasteiger partial charge < -0.3 is 18.9 Å². The highest BCUT2D eigenvalue weighted by molar-refractivity contribution is 5.72. The molecule has 0 N–H and O–H groups in total. The molecule has 0 atom stereocenters. The van der Waals surface area contributed by atoms with Crippen LogP contribution >= 0.6 is 0 Å². The molecule has 0 aliphatic carbocycles. The summed E-state index contributed by atoms with van der Waals surface area (Å²) >= 11 is 0. The Balaban J connectivity index is 1.86. The van der Waals surface area contributed by atoms with Crippen molar-refractivity contribution >= 4 is 5.97 Å². The first-order valence-corrected chi connectivity index (χ1v) is 9.35. The van der Waals surface area contributed by atoms with Gasteiger partial charge >= 0.3 is 12.3 Å². The molecule has 3 rings (SSSR count). The van der Waals surface area contributed by atoms with Crippen LogP contribution in [0, 0.1) is 0 Å². The van der Waals surface area contributed by atoms with E-state index in [4.69, 9.17) is 14.2 Å². The first-order valence-electron chi connectivity index (χ1n) is 9.35. The highest BCUT2D eigenvalue weighted by Crippen LogP contribution is 2.36. The van der Waals surface area contributed by atoms with Gasteiger partial charge in [0.05, 0.1) is 6.61 Å². The number of rotatable bonds is 8. The van der Waals surface area contributed by atoms with Crippen molar-refractivity contribution in [2.75, 3.05) is 13.2 Å². The minimum Gasteiger partial charge on any atom is -0.478 e. The number of alkyl halides is 3. The number of carbonyl (C=O) groups excluding carboxylic acids is 1. The summed E-state index contributed by atoms with van der Waals surface area (Å²) in [4.78, 5) is 11.6. The third kappa shape index (κ3) is 6.67. The maximum absolute atomic E-state index is 12.4. The Morgan fingerprint density at radius 3 is 2.16 bits per heavy atom. The highest BCUT2D eigenvalue weighted by Gasteiger charge is 2.31. The van der Waals surface area contributed by atoms with Gasteiger partial charge in [-0.25, -0.2) is 4.79 Å². The summed E-state index contributed by atoms with van der Waals surface area (Å²) in [6.45, 7) is 1.64. The second kappa shape index (κ2) is 9.88. The van der Waals surface area contributed by atoms with Crippen molar-refractivity contribution in [1.82, 2.24) is 0 Å². The summed E-state index contributed by atoms with van der Waals surface area (Å²) in [5, 5.41) is 0. The average molecular weight is 432 g/mol. The molecule has 0 amide bonds. The van der Waals surface area contributed by atoms with Gasteiger partial charge in [0, 0.05) is 0 Å². The van der Waals surface area contributed by atoms with Crippen molar-refractivity contribution < 1.29 is 36.9 Å². The molecule has 8 heteroatoms. The van der Waals surface area contributed by atoms with Crippen molar-refractivity contribution in [2.45, 2.75) is 13.3 Å². The number of ether oxygens (including phenoxy) is 4. The van der Waals surface area contributed by atoms with Crippen molar-refractivity contribution in [3.05, 3.63) is 72.8 Å². The van der Waals surface area contributed by atoms with Crippen molar-refractivity contribution in [1.29, 1.82) is 0 Å². The zero-order valence-electron chi connectivity index (χ0n) is 16.5. The fourth-order valence-corrected chi connectivity index (χ4v) is 2.69. The Morgan fingerprint density at radius 2 is 1.52 bits per heavy atom. The van der Waals surface area contributed by atoms with Crippen LogP contribution in [0.2, 0.25) is 0 Å². The molecular formula is C23H19F3O5. The number of halogens is 3. The van der Waals surface area contributed by atoms with E-state index in [2.05, 4.69) is 4.74 Å². The molecule has 0 aliphatic rings. The van der Waals surface area contributed by atoms with Crippen LogP contribution in [0.4, 0.5) is 13.2 Å². The van der Waals surface area contributed by atoms with Gasteiger partial charge in [-0.1, -0.05) is 36.4 Å². The molecule has 0 spiro atoms. The maximum atomic E-state index is 12.4. The van der Waals surface area contributed by atoms with Gasteiger partial charge in [0.15, 0.2) is 18.1 Å². The number of carbonyl (C=O) groups is 1. The van der Waals surface area contributed by atoms with Crippen LogP contribution in [-0.2, 0) is 9.53 Å². The first kappa shape index (κ1) is 22.0. The zero-order chi connectivity index (χ0) is 22.3. The lowest BCUT2D eigenvalue weighted by atomic mass is 10.0. The van der Waals surface area contributed by atoms with Crippen LogP contribution in [0.25, 0.3) is 11.1 Å². The summed E-state index contributed by atoms with van der Waals surface area (Å²) in [7, 11) is 0. The molecule has 162 valence electrons. The van der Waals surface area contributed by atoms with Crippen LogP contribution in [-0.4, -0.2) is 25.5 Å². The molecule has 3 aromatic rings. The van der Waals surface area contributed by atoms with E-state index >= 15 is 0 Å². The molecule has 0 saturated heterocycles. The molecule has 31 heavy (non-hydrogen) atoms. The van der Waals surface area contributed by atoms with Crippen molar-refractivity contribution in [3.63, 3.8) is 0 Å². The molecule has 0 unspecified atom stereocenters. The molecule has 0 radical (unpaired) electrons. The standard InChI is InChI=1S/C23H19F3O5/c1-2-28-22(27)15-29-20-13-10-17(14-21(20)30-18-6-4-3-5-7-18)16-8-11-19(12-9-16)31-23(24,25)26/h3-14H,2,15H2,1H3. The normalized spacial score (nSPS) is 11.0. The zero-order valence-corrected chi connectivity index (χ0v) is 16.5. The van der Waals surface area contributed by atoms with Crippen molar-refractivity contribution in [2.24, 2.45) is 0 Å². The lowest BCUT2D eigenvalue weighted by molar-refractivity contribution is -0.274. The molecule has 0 heterocycles. The highest BCUT2D eigenvalue weighted by atomic mass is 19.4. The summed E-state index contributed by atoms with van der Waals surface area (Å²) in [5.41, 5.74) is 1.32. The van der Waals surface area contributed by atoms with Crippen LogP contribution < -0.4 is 14.2 Å². The predicted octanol–water partition coefficient (Wildman–Crippen LogP) is 5.99. The summed E-state index contributed by atoms with van der Waals surface area (Å²) < 4.78 is 57.3.